The van der Waals surface area contributed by atoms with E-state index in [-0.39, 0.29) is 0 Å². The van der Waals surface area contributed by atoms with E-state index in [0.29, 0.717) is 5.82 Å². The minimum absolute atomic E-state index is 0.700. The van der Waals surface area contributed by atoms with Gasteiger partial charge in [-0.1, -0.05) is 231 Å². The molecule has 0 N–H and O–H groups in total. The van der Waals surface area contributed by atoms with Crippen molar-refractivity contribution >= 4 is 53.9 Å². The van der Waals surface area contributed by atoms with Crippen LogP contribution in [-0.2, 0) is 0 Å². The Labute approximate surface area is 395 Å². The molecule has 0 atom stereocenters. The van der Waals surface area contributed by atoms with Crippen LogP contribution in [0.2, 0.25) is 0 Å². The van der Waals surface area contributed by atoms with Crippen molar-refractivity contribution in [3.05, 3.63) is 255 Å². The van der Waals surface area contributed by atoms with Gasteiger partial charge in [0.2, 0.25) is 0 Å². The number of aromatic nitrogens is 2. The molecular weight excluding hydrogens is 821 g/mol. The number of hydrogen-bond donors (Lipinski definition) is 0. The Morgan fingerprint density at radius 3 is 1.47 bits per heavy atom. The zero-order valence-electron chi connectivity index (χ0n) is 37.1. The number of rotatable bonds is 7. The predicted molar refractivity (Wildman–Crippen MR) is 288 cm³/mol. The van der Waals surface area contributed by atoms with E-state index >= 15 is 0 Å². The molecule has 2 nitrogen and oxygen atoms in total. The van der Waals surface area contributed by atoms with Gasteiger partial charge < -0.3 is 0 Å². The quantitative estimate of drug-likeness (QED) is 0.118. The summed E-state index contributed by atoms with van der Waals surface area (Å²) < 4.78 is 0. The number of hydrogen-bond acceptors (Lipinski definition) is 2. The lowest BCUT2D eigenvalue weighted by Crippen LogP contribution is -1.97. The Morgan fingerprint density at radius 1 is 0.221 bits per heavy atom. The summed E-state index contributed by atoms with van der Waals surface area (Å²) in [5.74, 6) is 0.700. The van der Waals surface area contributed by atoms with Crippen LogP contribution in [0.25, 0.3) is 132 Å². The Kier molecular flexibility index (Phi) is 9.54. The van der Waals surface area contributed by atoms with Crippen molar-refractivity contribution in [2.45, 2.75) is 0 Å². The molecule has 0 spiro atoms. The summed E-state index contributed by atoms with van der Waals surface area (Å²) in [5.41, 5.74) is 14.5. The first-order chi connectivity index (χ1) is 33.7. The minimum atomic E-state index is 0.700. The molecule has 0 aliphatic rings. The van der Waals surface area contributed by atoms with Crippen LogP contribution in [0.1, 0.15) is 0 Å². The van der Waals surface area contributed by atoms with Gasteiger partial charge in [0.25, 0.3) is 0 Å². The molecule has 0 saturated carbocycles. The molecule has 1 heterocycles. The lowest BCUT2D eigenvalue weighted by atomic mass is 9.83. The fourth-order valence-electron chi connectivity index (χ4n) is 10.3. The van der Waals surface area contributed by atoms with Crippen molar-refractivity contribution in [3.8, 4) is 78.4 Å². The van der Waals surface area contributed by atoms with Crippen LogP contribution in [0, 0.1) is 0 Å². The summed E-state index contributed by atoms with van der Waals surface area (Å²) in [5, 5.41) is 12.4. The molecule has 0 unspecified atom stereocenters. The molecule has 0 aliphatic heterocycles. The Morgan fingerprint density at radius 2 is 0.706 bits per heavy atom. The van der Waals surface area contributed by atoms with Crippen LogP contribution in [0.4, 0.5) is 0 Å². The summed E-state index contributed by atoms with van der Waals surface area (Å²) in [7, 11) is 0. The standard InChI is InChI=1S/C66H42N2/c1-3-17-47(18-4-1)63-58-25-13-14-26-59(58)64(65-56-23-10-9-16-45(56)37-38-60(63)65)54-36-34-51-39-50(32-33-52(51)41-54)44-27-30-46(31-28-44)61-42-62(68-66(67-61)48-19-5-2-6-20-48)57-24-12-11-22-55(57)53-35-29-43-15-7-8-21-49(43)40-53/h1-42H. The van der Waals surface area contributed by atoms with E-state index in [1.807, 2.05) is 18.2 Å². The maximum absolute atomic E-state index is 5.22. The third kappa shape index (κ3) is 6.90. The average molecular weight is 863 g/mol. The van der Waals surface area contributed by atoms with Crippen LogP contribution in [0.3, 0.4) is 0 Å². The van der Waals surface area contributed by atoms with E-state index in [9.17, 15) is 0 Å². The van der Waals surface area contributed by atoms with Crippen molar-refractivity contribution in [3.63, 3.8) is 0 Å². The van der Waals surface area contributed by atoms with Gasteiger partial charge in [0, 0.05) is 16.7 Å². The van der Waals surface area contributed by atoms with Crippen molar-refractivity contribution < 1.29 is 0 Å². The van der Waals surface area contributed by atoms with Gasteiger partial charge in [-0.2, -0.15) is 0 Å². The second-order valence-electron chi connectivity index (χ2n) is 17.7. The van der Waals surface area contributed by atoms with Crippen molar-refractivity contribution in [1.29, 1.82) is 0 Å². The number of nitrogens with zero attached hydrogens (tertiary/aromatic N) is 2. The van der Waals surface area contributed by atoms with Crippen molar-refractivity contribution in [1.82, 2.24) is 9.97 Å². The monoisotopic (exact) mass is 862 g/mol. The van der Waals surface area contributed by atoms with Crippen LogP contribution in [0.15, 0.2) is 255 Å². The molecule has 13 rings (SSSR count). The van der Waals surface area contributed by atoms with E-state index in [2.05, 4.69) is 237 Å². The first-order valence-corrected chi connectivity index (χ1v) is 23.3. The van der Waals surface area contributed by atoms with E-state index < -0.39 is 0 Å². The van der Waals surface area contributed by atoms with Gasteiger partial charge >= 0.3 is 0 Å². The van der Waals surface area contributed by atoms with E-state index in [1.54, 1.807) is 0 Å². The molecule has 0 aliphatic carbocycles. The first-order valence-electron chi connectivity index (χ1n) is 23.3. The molecule has 0 bridgehead atoms. The number of fused-ring (bicyclic) bond motifs is 6. The van der Waals surface area contributed by atoms with E-state index in [1.165, 1.54) is 81.7 Å². The van der Waals surface area contributed by atoms with Gasteiger partial charge in [-0.05, 0) is 123 Å². The summed E-state index contributed by atoms with van der Waals surface area (Å²) in [6.07, 6.45) is 0. The third-order valence-electron chi connectivity index (χ3n) is 13.6. The average Bonchev–Trinajstić information content (AvgIpc) is 3.42. The van der Waals surface area contributed by atoms with Gasteiger partial charge in [-0.3, -0.25) is 0 Å². The first kappa shape index (κ1) is 39.4. The van der Waals surface area contributed by atoms with Crippen LogP contribution < -0.4 is 0 Å². The predicted octanol–water partition coefficient (Wildman–Crippen LogP) is 17.9. The van der Waals surface area contributed by atoms with Crippen LogP contribution >= 0.6 is 0 Å². The van der Waals surface area contributed by atoms with Gasteiger partial charge in [0.15, 0.2) is 5.82 Å². The molecule has 316 valence electrons. The van der Waals surface area contributed by atoms with E-state index in [0.717, 1.165) is 44.8 Å². The van der Waals surface area contributed by atoms with Gasteiger partial charge in [0.05, 0.1) is 11.4 Å². The molecule has 0 radical (unpaired) electrons. The highest BCUT2D eigenvalue weighted by Gasteiger charge is 2.20. The van der Waals surface area contributed by atoms with Gasteiger partial charge in [-0.25, -0.2) is 9.97 Å². The maximum atomic E-state index is 5.22. The zero-order chi connectivity index (χ0) is 45.0. The largest absolute Gasteiger partial charge is 0.228 e. The smallest absolute Gasteiger partial charge is 0.160 e. The summed E-state index contributed by atoms with van der Waals surface area (Å²) >= 11 is 0. The molecule has 12 aromatic carbocycles. The minimum Gasteiger partial charge on any atom is -0.228 e. The highest BCUT2D eigenvalue weighted by atomic mass is 14.9. The Balaban J connectivity index is 0.885. The summed E-state index contributed by atoms with van der Waals surface area (Å²) in [6.45, 7) is 0. The molecule has 0 fully saturated rings. The molecule has 1 aromatic heterocycles. The van der Waals surface area contributed by atoms with Crippen molar-refractivity contribution in [2.24, 2.45) is 0 Å². The van der Waals surface area contributed by atoms with Crippen molar-refractivity contribution in [2.75, 3.05) is 0 Å². The molecule has 13 aromatic rings. The Hall–Kier alpha value is -8.98. The molecular formula is C66H42N2. The normalized spacial score (nSPS) is 11.5. The Bertz CT molecular complexity index is 4060. The fourth-order valence-corrected chi connectivity index (χ4v) is 10.3. The molecule has 0 saturated heterocycles. The highest BCUT2D eigenvalue weighted by Crippen LogP contribution is 2.47. The summed E-state index contributed by atoms with van der Waals surface area (Å²) in [4.78, 5) is 10.4. The SMILES string of the molecule is c1ccc(-c2nc(-c3ccc(-c4ccc5cc(-c6c7ccccc7c(-c7ccccc7)c7ccc8ccccc8c67)ccc5c4)cc3)cc(-c3ccccc3-c3ccc4ccccc4c3)n2)cc1. The molecule has 2 heteroatoms. The maximum Gasteiger partial charge on any atom is 0.160 e. The van der Waals surface area contributed by atoms with Crippen LogP contribution in [0.5, 0.6) is 0 Å². The fraction of sp³-hybridized carbons (Fsp3) is 0. The highest BCUT2D eigenvalue weighted by molar-refractivity contribution is 6.28. The molecule has 0 amide bonds. The van der Waals surface area contributed by atoms with E-state index in [4.69, 9.17) is 9.97 Å². The van der Waals surface area contributed by atoms with Gasteiger partial charge in [0.1, 0.15) is 0 Å². The second kappa shape index (κ2) is 16.5. The lowest BCUT2D eigenvalue weighted by Gasteiger charge is -2.19. The lowest BCUT2D eigenvalue weighted by molar-refractivity contribution is 1.18. The van der Waals surface area contributed by atoms with Crippen LogP contribution in [-0.4, -0.2) is 9.97 Å². The zero-order valence-corrected chi connectivity index (χ0v) is 37.1. The topological polar surface area (TPSA) is 25.8 Å². The summed E-state index contributed by atoms with van der Waals surface area (Å²) in [6, 6.07) is 92.0. The molecule has 68 heavy (non-hydrogen) atoms. The third-order valence-corrected chi connectivity index (χ3v) is 13.6. The second-order valence-corrected chi connectivity index (χ2v) is 17.7. The van der Waals surface area contributed by atoms with Gasteiger partial charge in [-0.15, -0.1) is 0 Å². The number of benzene rings is 12.